The van der Waals surface area contributed by atoms with E-state index in [0.29, 0.717) is 34.4 Å². The predicted octanol–water partition coefficient (Wildman–Crippen LogP) is 5.78. The van der Waals surface area contributed by atoms with Crippen LogP contribution < -0.4 is 15.5 Å². The van der Waals surface area contributed by atoms with Crippen molar-refractivity contribution in [3.8, 4) is 17.2 Å². The molecule has 0 spiro atoms. The second-order valence-electron chi connectivity index (χ2n) is 8.97. The summed E-state index contributed by atoms with van der Waals surface area (Å²) in [7, 11) is 0. The molecular weight excluding hydrogens is 509 g/mol. The number of benzene rings is 3. The topological polar surface area (TPSA) is 88.5 Å². The molecule has 0 unspecified atom stereocenters. The lowest BCUT2D eigenvalue weighted by Crippen LogP contribution is -2.42. The molecule has 3 amide bonds. The van der Waals surface area contributed by atoms with Crippen molar-refractivity contribution in [1.82, 2.24) is 10.2 Å². The Balaban J connectivity index is 1.53. The third-order valence-electron chi connectivity index (χ3n) is 6.18. The third-order valence-corrected chi connectivity index (χ3v) is 6.62. The van der Waals surface area contributed by atoms with Gasteiger partial charge in [0.15, 0.2) is 0 Å². The van der Waals surface area contributed by atoms with Crippen molar-refractivity contribution >= 4 is 46.5 Å². The lowest BCUT2D eigenvalue weighted by molar-refractivity contribution is -0.119. The quantitative estimate of drug-likeness (QED) is 0.401. The molecule has 1 heterocycles. The highest BCUT2D eigenvalue weighted by atomic mass is 35.5. The first kappa shape index (κ1) is 26.5. The van der Waals surface area contributed by atoms with Gasteiger partial charge in [-0.05, 0) is 60.0 Å². The zero-order valence-electron chi connectivity index (χ0n) is 20.4. The number of urea groups is 1. The van der Waals surface area contributed by atoms with Gasteiger partial charge in [0.2, 0.25) is 5.91 Å². The van der Waals surface area contributed by atoms with E-state index in [1.165, 1.54) is 6.92 Å². The molecule has 3 aromatic rings. The van der Waals surface area contributed by atoms with Gasteiger partial charge in [0.05, 0.1) is 11.6 Å². The van der Waals surface area contributed by atoms with E-state index < -0.39 is 0 Å². The van der Waals surface area contributed by atoms with Crippen LogP contribution in [0.5, 0.6) is 0 Å². The van der Waals surface area contributed by atoms with Gasteiger partial charge in [-0.15, -0.1) is 0 Å². The zero-order chi connectivity index (χ0) is 26.4. The van der Waals surface area contributed by atoms with Crippen molar-refractivity contribution in [1.29, 1.82) is 5.26 Å². The minimum Gasteiger partial charge on any atom is -0.352 e. The van der Waals surface area contributed by atoms with Crippen LogP contribution in [0.15, 0.2) is 66.7 Å². The number of amides is 3. The van der Waals surface area contributed by atoms with Gasteiger partial charge in [0, 0.05) is 60.6 Å². The fourth-order valence-electron chi connectivity index (χ4n) is 4.45. The Kier molecular flexibility index (Phi) is 8.67. The largest absolute Gasteiger partial charge is 0.352 e. The van der Waals surface area contributed by atoms with Crippen LogP contribution in [0.1, 0.15) is 18.9 Å². The normalized spacial score (nSPS) is 15.1. The van der Waals surface area contributed by atoms with Crippen LogP contribution in [0.4, 0.5) is 16.2 Å². The second-order valence-corrected chi connectivity index (χ2v) is 9.84. The highest BCUT2D eigenvalue weighted by Crippen LogP contribution is 2.26. The number of hydrogen-bond donors (Lipinski definition) is 2. The molecule has 2 N–H and O–H groups in total. The molecule has 1 aliphatic heterocycles. The first-order valence-corrected chi connectivity index (χ1v) is 12.7. The van der Waals surface area contributed by atoms with E-state index in [-0.39, 0.29) is 18.0 Å². The van der Waals surface area contributed by atoms with Gasteiger partial charge < -0.3 is 10.6 Å². The first-order valence-electron chi connectivity index (χ1n) is 12.0. The van der Waals surface area contributed by atoms with Crippen molar-refractivity contribution < 1.29 is 9.59 Å². The SMILES string of the molecule is CC(=O)N[C@H]1CCN(CCN(C(=O)Nc2cc(Cl)cc(Cl)c2)c2ccc(-c3cccc(C#N)c3)cc2)C1. The van der Waals surface area contributed by atoms with E-state index >= 15 is 0 Å². The summed E-state index contributed by atoms with van der Waals surface area (Å²) in [6, 6.07) is 21.9. The van der Waals surface area contributed by atoms with Crippen LogP contribution in [0.25, 0.3) is 11.1 Å². The van der Waals surface area contributed by atoms with E-state index in [0.717, 1.165) is 36.3 Å². The standard InChI is InChI=1S/C28H27Cl2N5O2/c1-19(36)32-25-9-10-34(18-25)11-12-35(28(37)33-26-15-23(29)14-24(30)16-26)27-7-5-21(6-8-27)22-4-2-3-20(13-22)17-31/h2-8,13-16,25H,9-12,18H2,1H3,(H,32,36)(H,33,37)/t25-/m0/s1. The summed E-state index contributed by atoms with van der Waals surface area (Å²) in [6.07, 6.45) is 0.878. The molecule has 0 aliphatic carbocycles. The molecule has 1 aliphatic rings. The Bertz CT molecular complexity index is 1300. The second kappa shape index (κ2) is 12.1. The van der Waals surface area contributed by atoms with Crippen LogP contribution in [-0.2, 0) is 4.79 Å². The lowest BCUT2D eigenvalue weighted by atomic mass is 10.0. The Hall–Kier alpha value is -3.57. The van der Waals surface area contributed by atoms with Gasteiger partial charge in [-0.25, -0.2) is 4.79 Å². The Labute approximate surface area is 226 Å². The summed E-state index contributed by atoms with van der Waals surface area (Å²) in [4.78, 5) is 28.7. The Morgan fingerprint density at radius 2 is 1.78 bits per heavy atom. The Morgan fingerprint density at radius 3 is 2.46 bits per heavy atom. The highest BCUT2D eigenvalue weighted by Gasteiger charge is 2.25. The number of anilines is 2. The molecule has 0 radical (unpaired) electrons. The summed E-state index contributed by atoms with van der Waals surface area (Å²) in [5.41, 5.74) is 3.69. The first-order chi connectivity index (χ1) is 17.8. The maximum absolute atomic E-state index is 13.4. The van der Waals surface area contributed by atoms with Gasteiger partial charge in [-0.2, -0.15) is 5.26 Å². The summed E-state index contributed by atoms with van der Waals surface area (Å²) < 4.78 is 0. The lowest BCUT2D eigenvalue weighted by Gasteiger charge is -2.26. The van der Waals surface area contributed by atoms with Crippen molar-refractivity contribution in [2.24, 2.45) is 0 Å². The monoisotopic (exact) mass is 535 g/mol. The summed E-state index contributed by atoms with van der Waals surface area (Å²) >= 11 is 12.2. The van der Waals surface area contributed by atoms with E-state index in [2.05, 4.69) is 21.6 Å². The highest BCUT2D eigenvalue weighted by molar-refractivity contribution is 6.35. The van der Waals surface area contributed by atoms with Crippen LogP contribution in [-0.4, -0.2) is 49.1 Å². The van der Waals surface area contributed by atoms with E-state index in [4.69, 9.17) is 23.2 Å². The van der Waals surface area contributed by atoms with Gasteiger partial charge >= 0.3 is 6.03 Å². The van der Waals surface area contributed by atoms with Gasteiger partial charge in [0.1, 0.15) is 0 Å². The minimum atomic E-state index is -0.310. The number of likely N-dealkylation sites (tertiary alicyclic amines) is 1. The summed E-state index contributed by atoms with van der Waals surface area (Å²) in [5.74, 6) is -0.0339. The molecule has 1 atom stereocenters. The fraction of sp³-hybridized carbons (Fsp3) is 0.250. The van der Waals surface area contributed by atoms with Crippen molar-refractivity contribution in [2.75, 3.05) is 36.4 Å². The van der Waals surface area contributed by atoms with Gasteiger partial charge in [-0.3, -0.25) is 14.6 Å². The molecule has 37 heavy (non-hydrogen) atoms. The van der Waals surface area contributed by atoms with E-state index in [1.807, 2.05) is 42.5 Å². The molecule has 190 valence electrons. The van der Waals surface area contributed by atoms with Crippen LogP contribution in [0.3, 0.4) is 0 Å². The maximum Gasteiger partial charge on any atom is 0.326 e. The number of halogens is 2. The molecule has 7 nitrogen and oxygen atoms in total. The third kappa shape index (κ3) is 7.23. The van der Waals surface area contributed by atoms with Crippen molar-refractivity contribution in [2.45, 2.75) is 19.4 Å². The van der Waals surface area contributed by atoms with Crippen LogP contribution >= 0.6 is 23.2 Å². The number of nitriles is 1. The number of hydrogen-bond acceptors (Lipinski definition) is 4. The molecule has 0 saturated carbocycles. The Morgan fingerprint density at radius 1 is 1.05 bits per heavy atom. The number of nitrogens with one attached hydrogen (secondary N) is 2. The molecule has 4 rings (SSSR count). The average Bonchev–Trinajstić information content (AvgIpc) is 3.30. The molecule has 1 fully saturated rings. The van der Waals surface area contributed by atoms with Gasteiger partial charge in [-0.1, -0.05) is 47.5 Å². The number of nitrogens with zero attached hydrogens (tertiary/aromatic N) is 3. The number of carbonyl (C=O) groups is 2. The number of rotatable bonds is 7. The molecule has 1 saturated heterocycles. The van der Waals surface area contributed by atoms with Crippen LogP contribution in [0.2, 0.25) is 10.0 Å². The van der Waals surface area contributed by atoms with E-state index in [1.54, 1.807) is 29.2 Å². The maximum atomic E-state index is 13.4. The predicted molar refractivity (Wildman–Crippen MR) is 148 cm³/mol. The molecule has 0 aromatic heterocycles. The summed E-state index contributed by atoms with van der Waals surface area (Å²) in [6.45, 7) is 4.20. The fourth-order valence-corrected chi connectivity index (χ4v) is 4.98. The molecule has 9 heteroatoms. The molecule has 0 bridgehead atoms. The van der Waals surface area contributed by atoms with Crippen LogP contribution in [0, 0.1) is 11.3 Å². The molecular formula is C28H27Cl2N5O2. The van der Waals surface area contributed by atoms with Crippen molar-refractivity contribution in [3.63, 3.8) is 0 Å². The molecule has 3 aromatic carbocycles. The van der Waals surface area contributed by atoms with E-state index in [9.17, 15) is 14.9 Å². The zero-order valence-corrected chi connectivity index (χ0v) is 21.9. The minimum absolute atomic E-state index is 0.0339. The van der Waals surface area contributed by atoms with Gasteiger partial charge in [0.25, 0.3) is 0 Å². The van der Waals surface area contributed by atoms with Crippen molar-refractivity contribution in [3.05, 3.63) is 82.3 Å². The smallest absolute Gasteiger partial charge is 0.326 e. The summed E-state index contributed by atoms with van der Waals surface area (Å²) in [5, 5.41) is 15.9. The number of carbonyl (C=O) groups excluding carboxylic acids is 2. The average molecular weight is 536 g/mol.